The second-order valence-corrected chi connectivity index (χ2v) is 4.00. The van der Waals surface area contributed by atoms with Crippen molar-refractivity contribution in [3.05, 3.63) is 0 Å². The van der Waals surface area contributed by atoms with E-state index in [-0.39, 0.29) is 5.91 Å². The van der Waals surface area contributed by atoms with E-state index in [1.54, 1.807) is 0 Å². The number of carbonyl (C=O) groups is 1. The molecule has 1 saturated heterocycles. The van der Waals surface area contributed by atoms with Crippen molar-refractivity contribution in [1.82, 2.24) is 15.5 Å². The van der Waals surface area contributed by atoms with Gasteiger partial charge < -0.3 is 15.5 Å². The minimum Gasteiger partial charge on any atom is -0.341 e. The van der Waals surface area contributed by atoms with Crippen LogP contribution in [0.1, 0.15) is 13.3 Å². The van der Waals surface area contributed by atoms with Gasteiger partial charge in [0, 0.05) is 32.6 Å². The molecule has 0 aromatic carbocycles. The molecule has 2 N–H and O–H groups in total. The maximum Gasteiger partial charge on any atom is 0.223 e. The summed E-state index contributed by atoms with van der Waals surface area (Å²) in [4.78, 5) is 13.6. The molecule has 0 aliphatic carbocycles. The van der Waals surface area contributed by atoms with Gasteiger partial charge in [0.25, 0.3) is 0 Å². The van der Waals surface area contributed by atoms with E-state index in [2.05, 4.69) is 17.6 Å². The van der Waals surface area contributed by atoms with E-state index >= 15 is 0 Å². The number of carbonyl (C=O) groups excluding carboxylic acids is 1. The minimum absolute atomic E-state index is 0.290. The molecule has 1 aliphatic rings. The van der Waals surface area contributed by atoms with Gasteiger partial charge in [-0.15, -0.1) is 0 Å². The Morgan fingerprint density at radius 1 is 1.57 bits per heavy atom. The van der Waals surface area contributed by atoms with Crippen LogP contribution in [-0.2, 0) is 4.79 Å². The van der Waals surface area contributed by atoms with Gasteiger partial charge in [-0.25, -0.2) is 0 Å². The molecule has 1 atom stereocenters. The van der Waals surface area contributed by atoms with Gasteiger partial charge in [-0.1, -0.05) is 6.92 Å². The smallest absolute Gasteiger partial charge is 0.223 e. The van der Waals surface area contributed by atoms with Gasteiger partial charge in [0.15, 0.2) is 0 Å². The Kier molecular flexibility index (Phi) is 4.90. The minimum atomic E-state index is 0.290. The molecule has 0 radical (unpaired) electrons. The summed E-state index contributed by atoms with van der Waals surface area (Å²) in [6.07, 6.45) is 0.645. The Hall–Kier alpha value is -0.610. The predicted octanol–water partition coefficient (Wildman–Crippen LogP) is -0.336. The lowest BCUT2D eigenvalue weighted by Crippen LogP contribution is -2.38. The van der Waals surface area contributed by atoms with Crippen molar-refractivity contribution in [2.75, 3.05) is 39.8 Å². The van der Waals surface area contributed by atoms with E-state index in [9.17, 15) is 4.79 Å². The van der Waals surface area contributed by atoms with Crippen molar-refractivity contribution in [2.45, 2.75) is 13.3 Å². The van der Waals surface area contributed by atoms with E-state index in [0.717, 1.165) is 32.7 Å². The third-order valence-corrected chi connectivity index (χ3v) is 2.51. The van der Waals surface area contributed by atoms with Crippen molar-refractivity contribution in [3.8, 4) is 0 Å². The van der Waals surface area contributed by atoms with Crippen molar-refractivity contribution in [3.63, 3.8) is 0 Å². The first-order chi connectivity index (χ1) is 6.74. The fourth-order valence-corrected chi connectivity index (χ4v) is 1.80. The number of nitrogens with one attached hydrogen (secondary N) is 2. The summed E-state index contributed by atoms with van der Waals surface area (Å²) in [5.41, 5.74) is 0. The molecule has 0 saturated carbocycles. The van der Waals surface area contributed by atoms with Gasteiger partial charge in [-0.2, -0.15) is 0 Å². The lowest BCUT2D eigenvalue weighted by molar-refractivity contribution is -0.130. The molecule has 1 heterocycles. The third kappa shape index (κ3) is 3.64. The lowest BCUT2D eigenvalue weighted by atomic mass is 10.1. The van der Waals surface area contributed by atoms with Gasteiger partial charge in [-0.3, -0.25) is 4.79 Å². The Balaban J connectivity index is 2.36. The molecular formula is C10H21N3O. The molecule has 4 heteroatoms. The number of rotatable bonds is 4. The topological polar surface area (TPSA) is 44.4 Å². The molecule has 82 valence electrons. The first-order valence-electron chi connectivity index (χ1n) is 5.37. The quantitative estimate of drug-likeness (QED) is 0.651. The van der Waals surface area contributed by atoms with Gasteiger partial charge >= 0.3 is 0 Å². The Morgan fingerprint density at radius 3 is 3.07 bits per heavy atom. The summed E-state index contributed by atoms with van der Waals surface area (Å²) in [5, 5.41) is 6.37. The standard InChI is InChI=1S/C10H21N3O/c1-9(7-11-2)8-13-6-5-12-4-3-10(13)14/h9,11-12H,3-8H2,1-2H3. The average Bonchev–Trinajstić information content (AvgIpc) is 2.33. The molecule has 14 heavy (non-hydrogen) atoms. The predicted molar refractivity (Wildman–Crippen MR) is 57.2 cm³/mol. The van der Waals surface area contributed by atoms with Gasteiger partial charge in [0.05, 0.1) is 0 Å². The van der Waals surface area contributed by atoms with Gasteiger partial charge in [0.2, 0.25) is 5.91 Å². The molecule has 0 aromatic heterocycles. The van der Waals surface area contributed by atoms with Crippen LogP contribution in [0.2, 0.25) is 0 Å². The average molecular weight is 199 g/mol. The van der Waals surface area contributed by atoms with Crippen LogP contribution in [0.4, 0.5) is 0 Å². The number of amides is 1. The molecule has 1 aliphatic heterocycles. The van der Waals surface area contributed by atoms with Crippen LogP contribution in [0.15, 0.2) is 0 Å². The van der Waals surface area contributed by atoms with Gasteiger partial charge in [0.1, 0.15) is 0 Å². The summed E-state index contributed by atoms with van der Waals surface area (Å²) in [7, 11) is 1.95. The molecule has 1 unspecified atom stereocenters. The zero-order valence-corrected chi connectivity index (χ0v) is 9.18. The highest BCUT2D eigenvalue weighted by Gasteiger charge is 2.17. The maximum absolute atomic E-state index is 11.6. The van der Waals surface area contributed by atoms with E-state index in [0.29, 0.717) is 12.3 Å². The fraction of sp³-hybridized carbons (Fsp3) is 0.900. The van der Waals surface area contributed by atoms with Crippen molar-refractivity contribution >= 4 is 5.91 Å². The highest BCUT2D eigenvalue weighted by molar-refractivity contribution is 5.76. The molecular weight excluding hydrogens is 178 g/mol. The number of hydrogen-bond donors (Lipinski definition) is 2. The van der Waals surface area contributed by atoms with Crippen molar-refractivity contribution in [2.24, 2.45) is 5.92 Å². The highest BCUT2D eigenvalue weighted by atomic mass is 16.2. The number of nitrogens with zero attached hydrogens (tertiary/aromatic N) is 1. The zero-order valence-electron chi connectivity index (χ0n) is 9.18. The Bertz CT molecular complexity index is 184. The first kappa shape index (κ1) is 11.5. The van der Waals surface area contributed by atoms with E-state index < -0.39 is 0 Å². The normalized spacial score (nSPS) is 20.7. The second kappa shape index (κ2) is 5.98. The SMILES string of the molecule is CNCC(C)CN1CCNCCC1=O. The molecule has 1 amide bonds. The van der Waals surface area contributed by atoms with Crippen LogP contribution in [0.5, 0.6) is 0 Å². The monoisotopic (exact) mass is 199 g/mol. The summed E-state index contributed by atoms with van der Waals surface area (Å²) in [5.74, 6) is 0.819. The fourth-order valence-electron chi connectivity index (χ4n) is 1.80. The molecule has 4 nitrogen and oxygen atoms in total. The van der Waals surface area contributed by atoms with Crippen LogP contribution < -0.4 is 10.6 Å². The van der Waals surface area contributed by atoms with Crippen LogP contribution >= 0.6 is 0 Å². The summed E-state index contributed by atoms with van der Waals surface area (Å²) in [6.45, 7) is 6.63. The first-order valence-corrected chi connectivity index (χ1v) is 5.37. The largest absolute Gasteiger partial charge is 0.341 e. The van der Waals surface area contributed by atoms with Crippen LogP contribution in [0, 0.1) is 5.92 Å². The third-order valence-electron chi connectivity index (χ3n) is 2.51. The van der Waals surface area contributed by atoms with Crippen LogP contribution in [0.25, 0.3) is 0 Å². The molecule has 0 spiro atoms. The van der Waals surface area contributed by atoms with E-state index in [4.69, 9.17) is 0 Å². The summed E-state index contributed by atoms with van der Waals surface area (Å²) in [6, 6.07) is 0. The van der Waals surface area contributed by atoms with Crippen LogP contribution in [-0.4, -0.2) is 50.6 Å². The molecule has 1 fully saturated rings. The Labute approximate surface area is 86.0 Å². The molecule has 0 aromatic rings. The summed E-state index contributed by atoms with van der Waals surface area (Å²) < 4.78 is 0. The van der Waals surface area contributed by atoms with Gasteiger partial charge in [-0.05, 0) is 19.5 Å². The van der Waals surface area contributed by atoms with Crippen molar-refractivity contribution < 1.29 is 4.79 Å². The summed E-state index contributed by atoms with van der Waals surface area (Å²) >= 11 is 0. The van der Waals surface area contributed by atoms with E-state index in [1.807, 2.05) is 11.9 Å². The second-order valence-electron chi connectivity index (χ2n) is 4.00. The molecule has 0 bridgehead atoms. The highest BCUT2D eigenvalue weighted by Crippen LogP contribution is 2.03. The van der Waals surface area contributed by atoms with Crippen LogP contribution in [0.3, 0.4) is 0 Å². The molecule has 1 rings (SSSR count). The Morgan fingerprint density at radius 2 is 2.36 bits per heavy atom. The lowest BCUT2D eigenvalue weighted by Gasteiger charge is -2.23. The van der Waals surface area contributed by atoms with E-state index in [1.165, 1.54) is 0 Å². The number of hydrogen-bond acceptors (Lipinski definition) is 3. The van der Waals surface area contributed by atoms with Crippen molar-refractivity contribution in [1.29, 1.82) is 0 Å². The maximum atomic E-state index is 11.6. The zero-order chi connectivity index (χ0) is 10.4.